The Morgan fingerprint density at radius 2 is 2.07 bits per heavy atom. The van der Waals surface area contributed by atoms with Crippen molar-refractivity contribution in [1.29, 1.82) is 0 Å². The lowest BCUT2D eigenvalue weighted by molar-refractivity contribution is -0.145. The Kier molecular flexibility index (Phi) is 5.92. The van der Waals surface area contributed by atoms with Crippen molar-refractivity contribution in [2.24, 2.45) is 0 Å². The fourth-order valence-electron chi connectivity index (χ4n) is 1.49. The van der Waals surface area contributed by atoms with Crippen LogP contribution >= 0.6 is 11.8 Å². The van der Waals surface area contributed by atoms with Gasteiger partial charge < -0.3 is 19.7 Å². The standard InChI is InChI=1S/C10H20O4S/c1-3-4-5-15-6-7-8(11)9(12)10(13-2)14-7/h7-12H,3-6H2,1-2H3/t7-,8-,9+,10-/m1/s1. The van der Waals surface area contributed by atoms with Crippen molar-refractivity contribution in [2.75, 3.05) is 18.6 Å². The number of aliphatic hydroxyl groups is 2. The van der Waals surface area contributed by atoms with Gasteiger partial charge in [-0.15, -0.1) is 0 Å². The summed E-state index contributed by atoms with van der Waals surface area (Å²) in [6.45, 7) is 2.15. The number of hydrogen-bond acceptors (Lipinski definition) is 5. The maximum Gasteiger partial charge on any atom is 0.186 e. The van der Waals surface area contributed by atoms with Gasteiger partial charge in [-0.3, -0.25) is 0 Å². The summed E-state index contributed by atoms with van der Waals surface area (Å²) >= 11 is 1.74. The smallest absolute Gasteiger partial charge is 0.186 e. The third-order valence-corrected chi connectivity index (χ3v) is 3.62. The highest BCUT2D eigenvalue weighted by Gasteiger charge is 2.42. The molecule has 1 saturated heterocycles. The number of rotatable bonds is 6. The second kappa shape index (κ2) is 6.70. The fraction of sp³-hybridized carbons (Fsp3) is 1.00. The minimum absolute atomic E-state index is 0.313. The normalized spacial score (nSPS) is 36.0. The van der Waals surface area contributed by atoms with Gasteiger partial charge >= 0.3 is 0 Å². The van der Waals surface area contributed by atoms with Gasteiger partial charge in [0.15, 0.2) is 6.29 Å². The summed E-state index contributed by atoms with van der Waals surface area (Å²) in [7, 11) is 1.47. The molecule has 0 saturated carbocycles. The Bertz CT molecular complexity index is 179. The summed E-state index contributed by atoms with van der Waals surface area (Å²) in [4.78, 5) is 0. The zero-order valence-corrected chi connectivity index (χ0v) is 10.1. The first-order valence-electron chi connectivity index (χ1n) is 5.32. The summed E-state index contributed by atoms with van der Waals surface area (Å²) < 4.78 is 10.3. The molecule has 5 heteroatoms. The van der Waals surface area contributed by atoms with E-state index >= 15 is 0 Å². The SMILES string of the molecule is CCCCSC[C@H]1O[C@@H](OC)[C@@H](O)[C@@H]1O. The Morgan fingerprint density at radius 1 is 1.33 bits per heavy atom. The van der Waals surface area contributed by atoms with Crippen LogP contribution in [0.5, 0.6) is 0 Å². The van der Waals surface area contributed by atoms with E-state index in [2.05, 4.69) is 6.92 Å². The van der Waals surface area contributed by atoms with Crippen LogP contribution in [0.2, 0.25) is 0 Å². The molecule has 0 aromatic heterocycles. The average Bonchev–Trinajstić information content (AvgIpc) is 2.52. The predicted octanol–water partition coefficient (Wildman–Crippen LogP) is 0.613. The first kappa shape index (κ1) is 13.3. The highest BCUT2D eigenvalue weighted by atomic mass is 32.2. The molecule has 4 nitrogen and oxygen atoms in total. The van der Waals surface area contributed by atoms with Crippen LogP contribution in [0.1, 0.15) is 19.8 Å². The molecule has 0 amide bonds. The van der Waals surface area contributed by atoms with Gasteiger partial charge in [-0.1, -0.05) is 13.3 Å². The van der Waals surface area contributed by atoms with E-state index in [1.807, 2.05) is 0 Å². The summed E-state index contributed by atoms with van der Waals surface area (Å²) in [5.41, 5.74) is 0. The second-order valence-corrected chi connectivity index (χ2v) is 4.84. The van der Waals surface area contributed by atoms with Crippen molar-refractivity contribution in [3.63, 3.8) is 0 Å². The fourth-order valence-corrected chi connectivity index (χ4v) is 2.66. The number of hydrogen-bond donors (Lipinski definition) is 2. The molecule has 1 heterocycles. The topological polar surface area (TPSA) is 58.9 Å². The van der Waals surface area contributed by atoms with E-state index in [1.165, 1.54) is 20.0 Å². The summed E-state index contributed by atoms with van der Waals surface area (Å²) in [5, 5.41) is 19.2. The number of unbranched alkanes of at least 4 members (excludes halogenated alkanes) is 1. The zero-order valence-electron chi connectivity index (χ0n) is 9.26. The molecule has 0 radical (unpaired) electrons. The molecule has 2 N–H and O–H groups in total. The monoisotopic (exact) mass is 236 g/mol. The summed E-state index contributed by atoms with van der Waals surface area (Å²) in [6.07, 6.45) is -0.409. The van der Waals surface area contributed by atoms with E-state index in [1.54, 1.807) is 11.8 Å². The maximum atomic E-state index is 9.65. The zero-order chi connectivity index (χ0) is 11.3. The molecule has 0 aliphatic carbocycles. The van der Waals surface area contributed by atoms with Crippen LogP contribution in [0, 0.1) is 0 Å². The Balaban J connectivity index is 2.25. The van der Waals surface area contributed by atoms with Crippen molar-refractivity contribution in [2.45, 2.75) is 44.4 Å². The van der Waals surface area contributed by atoms with Gasteiger partial charge in [-0.25, -0.2) is 0 Å². The van der Waals surface area contributed by atoms with E-state index in [9.17, 15) is 10.2 Å². The third kappa shape index (κ3) is 3.60. The molecule has 15 heavy (non-hydrogen) atoms. The van der Waals surface area contributed by atoms with Gasteiger partial charge in [0, 0.05) is 12.9 Å². The van der Waals surface area contributed by atoms with Gasteiger partial charge in [-0.05, 0) is 12.2 Å². The molecular weight excluding hydrogens is 216 g/mol. The molecule has 4 atom stereocenters. The second-order valence-electron chi connectivity index (χ2n) is 3.69. The van der Waals surface area contributed by atoms with Crippen molar-refractivity contribution < 1.29 is 19.7 Å². The van der Waals surface area contributed by atoms with Gasteiger partial charge in [0.05, 0.1) is 6.10 Å². The largest absolute Gasteiger partial charge is 0.387 e. The molecule has 0 bridgehead atoms. The predicted molar refractivity (Wildman–Crippen MR) is 59.9 cm³/mol. The van der Waals surface area contributed by atoms with Crippen molar-refractivity contribution in [1.82, 2.24) is 0 Å². The van der Waals surface area contributed by atoms with Crippen LogP contribution in [0.25, 0.3) is 0 Å². The molecule has 1 aliphatic heterocycles. The lowest BCUT2D eigenvalue weighted by atomic mass is 10.2. The molecule has 0 unspecified atom stereocenters. The van der Waals surface area contributed by atoms with Crippen LogP contribution < -0.4 is 0 Å². The van der Waals surface area contributed by atoms with Crippen molar-refractivity contribution in [3.8, 4) is 0 Å². The van der Waals surface area contributed by atoms with Crippen LogP contribution in [0.15, 0.2) is 0 Å². The molecule has 1 rings (SSSR count). The number of methoxy groups -OCH3 is 1. The third-order valence-electron chi connectivity index (χ3n) is 2.48. The van der Waals surface area contributed by atoms with Crippen LogP contribution in [0.3, 0.4) is 0 Å². The highest BCUT2D eigenvalue weighted by Crippen LogP contribution is 2.24. The van der Waals surface area contributed by atoms with Gasteiger partial charge in [0.25, 0.3) is 0 Å². The van der Waals surface area contributed by atoms with Crippen molar-refractivity contribution >= 4 is 11.8 Å². The Morgan fingerprint density at radius 3 is 2.60 bits per heavy atom. The first-order chi connectivity index (χ1) is 7.20. The number of ether oxygens (including phenoxy) is 2. The molecule has 1 aliphatic rings. The number of aliphatic hydroxyl groups excluding tert-OH is 2. The average molecular weight is 236 g/mol. The van der Waals surface area contributed by atoms with E-state index in [-0.39, 0.29) is 6.10 Å². The summed E-state index contributed by atoms with van der Waals surface area (Å²) in [5.74, 6) is 1.77. The minimum Gasteiger partial charge on any atom is -0.387 e. The minimum atomic E-state index is -0.924. The molecule has 1 fully saturated rings. The van der Waals surface area contributed by atoms with E-state index in [0.29, 0.717) is 5.75 Å². The molecule has 0 spiro atoms. The van der Waals surface area contributed by atoms with Gasteiger partial charge in [-0.2, -0.15) is 11.8 Å². The van der Waals surface area contributed by atoms with Crippen LogP contribution in [-0.4, -0.2) is 53.4 Å². The van der Waals surface area contributed by atoms with E-state index < -0.39 is 18.5 Å². The van der Waals surface area contributed by atoms with E-state index in [4.69, 9.17) is 9.47 Å². The molecule has 0 aromatic rings. The van der Waals surface area contributed by atoms with Crippen LogP contribution in [0.4, 0.5) is 0 Å². The lowest BCUT2D eigenvalue weighted by Gasteiger charge is -2.13. The quantitative estimate of drug-likeness (QED) is 0.662. The maximum absolute atomic E-state index is 9.65. The Hall–Kier alpha value is 0.190. The van der Waals surface area contributed by atoms with Gasteiger partial charge in [0.1, 0.15) is 12.2 Å². The summed E-state index contributed by atoms with van der Waals surface area (Å²) in [6, 6.07) is 0. The Labute approximate surface area is 95.0 Å². The van der Waals surface area contributed by atoms with Crippen LogP contribution in [-0.2, 0) is 9.47 Å². The lowest BCUT2D eigenvalue weighted by Crippen LogP contribution is -2.33. The number of thioether (sulfide) groups is 1. The van der Waals surface area contributed by atoms with Gasteiger partial charge in [0.2, 0.25) is 0 Å². The highest BCUT2D eigenvalue weighted by molar-refractivity contribution is 7.99. The van der Waals surface area contributed by atoms with Crippen molar-refractivity contribution in [3.05, 3.63) is 0 Å². The molecule has 0 aromatic carbocycles. The molecule has 90 valence electrons. The first-order valence-corrected chi connectivity index (χ1v) is 6.48. The molecular formula is C10H20O4S. The van der Waals surface area contributed by atoms with E-state index in [0.717, 1.165) is 5.75 Å².